The molecule has 0 amide bonds. The highest BCUT2D eigenvalue weighted by Gasteiger charge is 1.84. The Labute approximate surface area is 56.8 Å². The van der Waals surface area contributed by atoms with Crippen molar-refractivity contribution in [3.8, 4) is 0 Å². The smallest absolute Gasteiger partial charge is 0.0277 e. The van der Waals surface area contributed by atoms with Crippen LogP contribution in [0, 0.1) is 0 Å². The summed E-state index contributed by atoms with van der Waals surface area (Å²) in [5.74, 6) is 0. The highest BCUT2D eigenvalue weighted by molar-refractivity contribution is 5.79. The van der Waals surface area contributed by atoms with Crippen molar-refractivity contribution < 1.29 is 0 Å². The molecule has 0 unspecified atom stereocenters. The number of nitrogens with zero attached hydrogens (tertiary/aromatic N) is 1. The van der Waals surface area contributed by atoms with E-state index in [9.17, 15) is 0 Å². The Morgan fingerprint density at radius 3 is 2.22 bits per heavy atom. The summed E-state index contributed by atoms with van der Waals surface area (Å²) in [6, 6.07) is 0. The van der Waals surface area contributed by atoms with Crippen molar-refractivity contribution in [2.75, 3.05) is 7.05 Å². The fraction of sp³-hybridized carbons (Fsp3) is 0.375. The molecule has 0 radical (unpaired) electrons. The molecule has 0 atom stereocenters. The van der Waals surface area contributed by atoms with E-state index >= 15 is 0 Å². The lowest BCUT2D eigenvalue weighted by Crippen LogP contribution is -1.80. The van der Waals surface area contributed by atoms with Crippen molar-refractivity contribution in [1.29, 1.82) is 0 Å². The number of aliphatic imine (C=N–C) groups is 1. The van der Waals surface area contributed by atoms with Crippen molar-refractivity contribution in [2.45, 2.75) is 13.8 Å². The van der Waals surface area contributed by atoms with Crippen LogP contribution in [-0.2, 0) is 0 Å². The van der Waals surface area contributed by atoms with Crippen LogP contribution in [0.4, 0.5) is 0 Å². The van der Waals surface area contributed by atoms with Gasteiger partial charge in [0.15, 0.2) is 0 Å². The lowest BCUT2D eigenvalue weighted by Gasteiger charge is -1.92. The first kappa shape index (κ1) is 8.15. The number of rotatable bonds is 2. The largest absolute Gasteiger partial charge is 0.296 e. The minimum absolute atomic E-state index is 1.17. The van der Waals surface area contributed by atoms with E-state index in [1.165, 1.54) is 11.1 Å². The van der Waals surface area contributed by atoms with Gasteiger partial charge >= 0.3 is 0 Å². The molecule has 0 fully saturated rings. The van der Waals surface area contributed by atoms with Crippen LogP contribution >= 0.6 is 0 Å². The van der Waals surface area contributed by atoms with Gasteiger partial charge in [-0.3, -0.25) is 4.99 Å². The Balaban J connectivity index is 4.27. The molecule has 0 saturated carbocycles. The molecule has 1 nitrogen and oxygen atoms in total. The van der Waals surface area contributed by atoms with E-state index in [0.29, 0.717) is 0 Å². The summed E-state index contributed by atoms with van der Waals surface area (Å²) in [4.78, 5) is 3.87. The van der Waals surface area contributed by atoms with E-state index in [2.05, 4.69) is 11.6 Å². The molecule has 0 spiro atoms. The van der Waals surface area contributed by atoms with E-state index in [1.54, 1.807) is 7.05 Å². The molecule has 0 bridgehead atoms. The van der Waals surface area contributed by atoms with Crippen LogP contribution < -0.4 is 0 Å². The molecule has 0 aliphatic heterocycles. The first-order chi connectivity index (χ1) is 4.22. The number of hydrogen-bond acceptors (Lipinski definition) is 1. The van der Waals surface area contributed by atoms with E-state index in [4.69, 9.17) is 0 Å². The molecule has 9 heavy (non-hydrogen) atoms. The standard InChI is InChI=1S/C8H13N/c1-5-7(2)8(3)6-9-4/h5-6H,1H2,2-4H3/b8-7-,9-6-. The Morgan fingerprint density at radius 2 is 1.89 bits per heavy atom. The normalized spacial score (nSPS) is 13.7. The van der Waals surface area contributed by atoms with E-state index < -0.39 is 0 Å². The highest BCUT2D eigenvalue weighted by Crippen LogP contribution is 1.99. The first-order valence-corrected chi connectivity index (χ1v) is 2.94. The van der Waals surface area contributed by atoms with Gasteiger partial charge < -0.3 is 0 Å². The molecule has 50 valence electrons. The number of allylic oxidation sites excluding steroid dienone is 3. The van der Waals surface area contributed by atoms with Crippen LogP contribution in [0.25, 0.3) is 0 Å². The monoisotopic (exact) mass is 123 g/mol. The van der Waals surface area contributed by atoms with Gasteiger partial charge in [0.05, 0.1) is 0 Å². The van der Waals surface area contributed by atoms with Gasteiger partial charge in [0.1, 0.15) is 0 Å². The van der Waals surface area contributed by atoms with Crippen molar-refractivity contribution in [1.82, 2.24) is 0 Å². The Bertz CT molecular complexity index is 152. The fourth-order valence-electron chi connectivity index (χ4n) is 0.456. The van der Waals surface area contributed by atoms with E-state index in [-0.39, 0.29) is 0 Å². The van der Waals surface area contributed by atoms with Gasteiger partial charge in [0.25, 0.3) is 0 Å². The van der Waals surface area contributed by atoms with Crippen molar-refractivity contribution >= 4 is 6.21 Å². The summed E-state index contributed by atoms with van der Waals surface area (Å²) >= 11 is 0. The van der Waals surface area contributed by atoms with E-state index in [0.717, 1.165) is 0 Å². The molecule has 0 rings (SSSR count). The Hall–Kier alpha value is -0.850. The minimum atomic E-state index is 1.17. The third-order valence-electron chi connectivity index (χ3n) is 1.25. The van der Waals surface area contributed by atoms with Crippen LogP contribution in [0.2, 0.25) is 0 Å². The summed E-state index contributed by atoms with van der Waals surface area (Å²) in [5.41, 5.74) is 2.35. The predicted molar refractivity (Wildman–Crippen MR) is 43.0 cm³/mol. The Morgan fingerprint density at radius 1 is 1.33 bits per heavy atom. The average molecular weight is 123 g/mol. The molecule has 0 N–H and O–H groups in total. The third kappa shape index (κ3) is 2.85. The SMILES string of the molecule is C=C/C(C)=C(C)\C=N/C. The molecule has 0 aromatic heterocycles. The molecule has 0 aromatic carbocycles. The van der Waals surface area contributed by atoms with Gasteiger partial charge in [0, 0.05) is 13.3 Å². The zero-order valence-corrected chi connectivity index (χ0v) is 6.31. The second-order valence-corrected chi connectivity index (χ2v) is 1.96. The average Bonchev–Trinajstić information content (AvgIpc) is 1.87. The topological polar surface area (TPSA) is 12.4 Å². The molecular formula is C8H13N. The maximum atomic E-state index is 3.87. The number of hydrogen-bond donors (Lipinski definition) is 0. The maximum Gasteiger partial charge on any atom is 0.0277 e. The van der Waals surface area contributed by atoms with Gasteiger partial charge in [-0.25, -0.2) is 0 Å². The van der Waals surface area contributed by atoms with Crippen LogP contribution in [0.5, 0.6) is 0 Å². The van der Waals surface area contributed by atoms with Gasteiger partial charge in [0.2, 0.25) is 0 Å². The zero-order valence-electron chi connectivity index (χ0n) is 6.31. The van der Waals surface area contributed by atoms with Crippen molar-refractivity contribution in [2.24, 2.45) is 4.99 Å². The molecule has 0 aliphatic carbocycles. The summed E-state index contributed by atoms with van der Waals surface area (Å²) < 4.78 is 0. The van der Waals surface area contributed by atoms with Crippen molar-refractivity contribution in [3.63, 3.8) is 0 Å². The van der Waals surface area contributed by atoms with Crippen LogP contribution in [0.3, 0.4) is 0 Å². The van der Waals surface area contributed by atoms with Crippen molar-refractivity contribution in [3.05, 3.63) is 23.8 Å². The second-order valence-electron chi connectivity index (χ2n) is 1.96. The summed E-state index contributed by atoms with van der Waals surface area (Å²) in [7, 11) is 1.76. The third-order valence-corrected chi connectivity index (χ3v) is 1.25. The molecular weight excluding hydrogens is 110 g/mol. The van der Waals surface area contributed by atoms with Gasteiger partial charge in [-0.1, -0.05) is 12.7 Å². The van der Waals surface area contributed by atoms with Crippen LogP contribution in [0.1, 0.15) is 13.8 Å². The fourth-order valence-corrected chi connectivity index (χ4v) is 0.456. The predicted octanol–water partition coefficient (Wildman–Crippen LogP) is 2.21. The van der Waals surface area contributed by atoms with Crippen LogP contribution in [-0.4, -0.2) is 13.3 Å². The summed E-state index contributed by atoms with van der Waals surface area (Å²) in [6.07, 6.45) is 3.66. The van der Waals surface area contributed by atoms with E-state index in [1.807, 2.05) is 26.1 Å². The first-order valence-electron chi connectivity index (χ1n) is 2.94. The highest BCUT2D eigenvalue weighted by atomic mass is 14.6. The molecule has 0 aromatic rings. The summed E-state index contributed by atoms with van der Waals surface area (Å²) in [6.45, 7) is 7.68. The molecule has 0 aliphatic rings. The van der Waals surface area contributed by atoms with Crippen LogP contribution in [0.15, 0.2) is 28.8 Å². The summed E-state index contributed by atoms with van der Waals surface area (Å²) in [5, 5.41) is 0. The molecule has 0 heterocycles. The maximum absolute atomic E-state index is 3.87. The quantitative estimate of drug-likeness (QED) is 0.394. The second kappa shape index (κ2) is 4.07. The van der Waals surface area contributed by atoms with Gasteiger partial charge in [-0.15, -0.1) is 0 Å². The molecule has 1 heteroatoms. The Kier molecular flexibility index (Phi) is 3.69. The minimum Gasteiger partial charge on any atom is -0.296 e. The van der Waals surface area contributed by atoms with Gasteiger partial charge in [-0.05, 0) is 25.0 Å². The zero-order chi connectivity index (χ0) is 7.28. The molecule has 0 saturated heterocycles. The lowest BCUT2D eigenvalue weighted by molar-refractivity contribution is 1.39. The lowest BCUT2D eigenvalue weighted by atomic mass is 10.2. The van der Waals surface area contributed by atoms with Gasteiger partial charge in [-0.2, -0.15) is 0 Å².